The zero-order valence-corrected chi connectivity index (χ0v) is 17.0. The fraction of sp³-hybridized carbons (Fsp3) is 0.100. The van der Waals surface area contributed by atoms with Crippen molar-refractivity contribution in [3.8, 4) is 0 Å². The second-order valence-corrected chi connectivity index (χ2v) is 8.10. The molecule has 8 heteroatoms. The standard InChI is InChI=1S/C20H13Cl2N3O2S/c1-11-5-7-12(8-6-11)9-16-18(26)23-20-25(24-16)19(27)17(28-20)10-13-14(21)3-2-4-15(13)22/h2-8,10H,9H2,1H3. The summed E-state index contributed by atoms with van der Waals surface area (Å²) in [6.07, 6.45) is 1.90. The Kier molecular flexibility index (Phi) is 5.02. The van der Waals surface area contributed by atoms with Gasteiger partial charge in [0.15, 0.2) is 0 Å². The van der Waals surface area contributed by atoms with Crippen LogP contribution in [0, 0.1) is 6.92 Å². The van der Waals surface area contributed by atoms with E-state index in [9.17, 15) is 9.59 Å². The van der Waals surface area contributed by atoms with E-state index in [-0.39, 0.29) is 16.2 Å². The third-order valence-corrected chi connectivity index (χ3v) is 5.84. The SMILES string of the molecule is Cc1ccc(Cc2nn3c(=O)c(=Cc4c(Cl)cccc4Cl)sc3nc2=O)cc1. The molecule has 4 aromatic rings. The summed E-state index contributed by atoms with van der Waals surface area (Å²) in [6, 6.07) is 12.9. The minimum absolute atomic E-state index is 0.221. The van der Waals surface area contributed by atoms with E-state index in [1.54, 1.807) is 24.3 Å². The molecule has 2 aromatic carbocycles. The van der Waals surface area contributed by atoms with Gasteiger partial charge in [-0.1, -0.05) is 70.4 Å². The van der Waals surface area contributed by atoms with E-state index in [1.807, 2.05) is 31.2 Å². The van der Waals surface area contributed by atoms with E-state index < -0.39 is 5.56 Å². The molecule has 0 unspecified atom stereocenters. The molecule has 0 radical (unpaired) electrons. The molecule has 0 fully saturated rings. The number of aryl methyl sites for hydroxylation is 1. The van der Waals surface area contributed by atoms with E-state index in [2.05, 4.69) is 10.1 Å². The van der Waals surface area contributed by atoms with Gasteiger partial charge in [-0.15, -0.1) is 0 Å². The summed E-state index contributed by atoms with van der Waals surface area (Å²) in [4.78, 5) is 29.4. The maximum Gasteiger partial charge on any atom is 0.296 e. The highest BCUT2D eigenvalue weighted by Gasteiger charge is 2.12. The van der Waals surface area contributed by atoms with E-state index in [0.29, 0.717) is 26.6 Å². The Balaban J connectivity index is 1.84. The van der Waals surface area contributed by atoms with Crippen LogP contribution < -0.4 is 15.7 Å². The topological polar surface area (TPSA) is 64.3 Å². The highest BCUT2D eigenvalue weighted by Crippen LogP contribution is 2.24. The number of benzene rings is 2. The lowest BCUT2D eigenvalue weighted by atomic mass is 10.1. The van der Waals surface area contributed by atoms with Crippen molar-refractivity contribution in [3.63, 3.8) is 0 Å². The van der Waals surface area contributed by atoms with Crippen molar-refractivity contribution in [3.05, 3.63) is 100 Å². The van der Waals surface area contributed by atoms with Gasteiger partial charge in [0.05, 0.1) is 4.53 Å². The molecule has 0 aliphatic heterocycles. The van der Waals surface area contributed by atoms with Gasteiger partial charge in [-0.2, -0.15) is 14.6 Å². The van der Waals surface area contributed by atoms with Gasteiger partial charge in [0, 0.05) is 22.0 Å². The van der Waals surface area contributed by atoms with Gasteiger partial charge in [-0.25, -0.2) is 0 Å². The van der Waals surface area contributed by atoms with Crippen molar-refractivity contribution in [1.82, 2.24) is 14.6 Å². The summed E-state index contributed by atoms with van der Waals surface area (Å²) in [5, 5.41) is 5.11. The Morgan fingerprint density at radius 3 is 2.43 bits per heavy atom. The zero-order chi connectivity index (χ0) is 19.8. The first-order chi connectivity index (χ1) is 13.4. The summed E-state index contributed by atoms with van der Waals surface area (Å²) in [5.74, 6) is 0. The van der Waals surface area contributed by atoms with E-state index in [1.165, 1.54) is 0 Å². The van der Waals surface area contributed by atoms with Crippen LogP contribution in [0.25, 0.3) is 11.0 Å². The van der Waals surface area contributed by atoms with Crippen LogP contribution >= 0.6 is 34.5 Å². The summed E-state index contributed by atoms with van der Waals surface area (Å²) in [5.41, 5.74) is 2.00. The fourth-order valence-electron chi connectivity index (χ4n) is 2.73. The minimum Gasteiger partial charge on any atom is -0.266 e. The van der Waals surface area contributed by atoms with Crippen molar-refractivity contribution in [2.45, 2.75) is 13.3 Å². The maximum absolute atomic E-state index is 12.8. The predicted molar refractivity (Wildman–Crippen MR) is 113 cm³/mol. The van der Waals surface area contributed by atoms with Gasteiger partial charge in [0.1, 0.15) is 5.69 Å². The second kappa shape index (κ2) is 7.47. The van der Waals surface area contributed by atoms with E-state index >= 15 is 0 Å². The lowest BCUT2D eigenvalue weighted by Gasteiger charge is -2.01. The summed E-state index contributed by atoms with van der Waals surface area (Å²) in [6.45, 7) is 1.99. The van der Waals surface area contributed by atoms with E-state index in [0.717, 1.165) is 27.0 Å². The second-order valence-electron chi connectivity index (χ2n) is 6.27. The largest absolute Gasteiger partial charge is 0.296 e. The van der Waals surface area contributed by atoms with Crippen LogP contribution in [-0.4, -0.2) is 14.6 Å². The number of aromatic nitrogens is 3. The van der Waals surface area contributed by atoms with Crippen LogP contribution in [0.5, 0.6) is 0 Å². The van der Waals surface area contributed by atoms with Crippen molar-refractivity contribution in [2.24, 2.45) is 0 Å². The molecule has 0 amide bonds. The number of nitrogens with zero attached hydrogens (tertiary/aromatic N) is 3. The molecule has 0 aliphatic carbocycles. The van der Waals surface area contributed by atoms with Crippen LogP contribution in [-0.2, 0) is 6.42 Å². The van der Waals surface area contributed by atoms with Crippen molar-refractivity contribution < 1.29 is 0 Å². The number of hydrogen-bond acceptors (Lipinski definition) is 5. The predicted octanol–water partition coefficient (Wildman–Crippen LogP) is 3.26. The van der Waals surface area contributed by atoms with Gasteiger partial charge in [-0.05, 0) is 30.7 Å². The first-order valence-electron chi connectivity index (χ1n) is 8.36. The number of hydrogen-bond donors (Lipinski definition) is 0. The Morgan fingerprint density at radius 2 is 1.75 bits per heavy atom. The molecular formula is C20H13Cl2N3O2S. The zero-order valence-electron chi connectivity index (χ0n) is 14.6. The Labute approximate surface area is 173 Å². The average molecular weight is 430 g/mol. The van der Waals surface area contributed by atoms with Crippen molar-refractivity contribution >= 4 is 45.6 Å². The third-order valence-electron chi connectivity index (χ3n) is 4.22. The molecule has 4 rings (SSSR count). The minimum atomic E-state index is -0.441. The molecule has 0 spiro atoms. The van der Waals surface area contributed by atoms with Gasteiger partial charge in [0.2, 0.25) is 4.96 Å². The molecule has 0 aliphatic rings. The smallest absolute Gasteiger partial charge is 0.266 e. The molecule has 2 heterocycles. The number of halogens is 2. The molecule has 28 heavy (non-hydrogen) atoms. The average Bonchev–Trinajstić information content (AvgIpc) is 2.95. The molecule has 0 saturated carbocycles. The molecule has 140 valence electrons. The number of rotatable bonds is 3. The van der Waals surface area contributed by atoms with Crippen LogP contribution in [0.15, 0.2) is 52.1 Å². The Hall–Kier alpha value is -2.54. The van der Waals surface area contributed by atoms with Crippen molar-refractivity contribution in [2.75, 3.05) is 0 Å². The Bertz CT molecular complexity index is 1340. The summed E-state index contributed by atoms with van der Waals surface area (Å²) >= 11 is 13.4. The molecule has 0 bridgehead atoms. The fourth-order valence-corrected chi connectivity index (χ4v) is 4.12. The lowest BCUT2D eigenvalue weighted by molar-refractivity contribution is 0.811. The molecular weight excluding hydrogens is 417 g/mol. The molecule has 0 atom stereocenters. The number of fused-ring (bicyclic) bond motifs is 1. The summed E-state index contributed by atoms with van der Waals surface area (Å²) in [7, 11) is 0. The molecule has 0 N–H and O–H groups in total. The van der Waals surface area contributed by atoms with Crippen molar-refractivity contribution in [1.29, 1.82) is 0 Å². The molecule has 2 aromatic heterocycles. The van der Waals surface area contributed by atoms with Crippen LogP contribution in [0.1, 0.15) is 22.4 Å². The third kappa shape index (κ3) is 3.58. The molecule has 0 saturated heterocycles. The highest BCUT2D eigenvalue weighted by molar-refractivity contribution is 7.15. The quantitative estimate of drug-likeness (QED) is 0.501. The van der Waals surface area contributed by atoms with E-state index in [4.69, 9.17) is 23.2 Å². The Morgan fingerprint density at radius 1 is 1.07 bits per heavy atom. The first-order valence-corrected chi connectivity index (χ1v) is 9.93. The van der Waals surface area contributed by atoms with Gasteiger partial charge in [0.25, 0.3) is 11.1 Å². The normalized spacial score (nSPS) is 12.0. The highest BCUT2D eigenvalue weighted by atomic mass is 35.5. The summed E-state index contributed by atoms with van der Waals surface area (Å²) < 4.78 is 1.51. The van der Waals surface area contributed by atoms with Gasteiger partial charge >= 0.3 is 0 Å². The van der Waals surface area contributed by atoms with Crippen LogP contribution in [0.2, 0.25) is 10.0 Å². The first kappa shape index (κ1) is 18.8. The van der Waals surface area contributed by atoms with Gasteiger partial charge in [-0.3, -0.25) is 9.59 Å². The van der Waals surface area contributed by atoms with Crippen LogP contribution in [0.4, 0.5) is 0 Å². The monoisotopic (exact) mass is 429 g/mol. The van der Waals surface area contributed by atoms with Crippen LogP contribution in [0.3, 0.4) is 0 Å². The maximum atomic E-state index is 12.8. The van der Waals surface area contributed by atoms with Gasteiger partial charge < -0.3 is 0 Å². The number of thiazole rings is 1. The lowest BCUT2D eigenvalue weighted by Crippen LogP contribution is -2.28. The molecule has 5 nitrogen and oxygen atoms in total.